The second kappa shape index (κ2) is 4.99. The van der Waals surface area contributed by atoms with E-state index in [-0.39, 0.29) is 0 Å². The first-order chi connectivity index (χ1) is 10.9. The van der Waals surface area contributed by atoms with Gasteiger partial charge in [0.1, 0.15) is 18.2 Å². The quantitative estimate of drug-likeness (QED) is 0.554. The Morgan fingerprint density at radius 1 is 1.13 bits per heavy atom. The first-order valence-electron chi connectivity index (χ1n) is 6.94. The van der Waals surface area contributed by atoms with Crippen molar-refractivity contribution in [1.82, 2.24) is 9.55 Å². The summed E-state index contributed by atoms with van der Waals surface area (Å²) in [6.45, 7) is 0.970. The van der Waals surface area contributed by atoms with Crippen molar-refractivity contribution in [3.63, 3.8) is 0 Å². The predicted octanol–water partition coefficient (Wildman–Crippen LogP) is 4.88. The maximum Gasteiger partial charge on any atom is 0.416 e. The fourth-order valence-electron chi connectivity index (χ4n) is 2.79. The van der Waals surface area contributed by atoms with E-state index in [0.717, 1.165) is 22.2 Å². The zero-order valence-corrected chi connectivity index (χ0v) is 13.3. The van der Waals surface area contributed by atoms with Gasteiger partial charge in [0.25, 0.3) is 0 Å². The first-order valence-corrected chi connectivity index (χ1v) is 7.73. The van der Waals surface area contributed by atoms with Gasteiger partial charge in [-0.3, -0.25) is 0 Å². The molecule has 0 N–H and O–H groups in total. The van der Waals surface area contributed by atoms with Crippen molar-refractivity contribution in [2.45, 2.75) is 12.7 Å². The Bertz CT molecular complexity index is 918. The molecule has 3 aromatic rings. The molecule has 0 bridgehead atoms. The summed E-state index contributed by atoms with van der Waals surface area (Å²) >= 11 is 3.41. The van der Waals surface area contributed by atoms with Crippen LogP contribution in [0.4, 0.5) is 13.2 Å². The summed E-state index contributed by atoms with van der Waals surface area (Å²) in [5.74, 6) is 1.30. The van der Waals surface area contributed by atoms with E-state index in [4.69, 9.17) is 4.74 Å². The minimum absolute atomic E-state index is 0.336. The van der Waals surface area contributed by atoms with E-state index < -0.39 is 11.7 Å². The van der Waals surface area contributed by atoms with Crippen molar-refractivity contribution in [1.29, 1.82) is 0 Å². The van der Waals surface area contributed by atoms with Crippen LogP contribution in [-0.4, -0.2) is 16.2 Å². The maximum absolute atomic E-state index is 12.9. The number of rotatable bonds is 0. The standard InChI is InChI=1S/C16H10BrF3N2O/c17-10-2-4-14-11(8-10)15-21-12-7-9(16(18,19)20)1-3-13(12)22(15)5-6-23-14/h1-4,7-8H,5-6H2. The molecule has 23 heavy (non-hydrogen) atoms. The van der Waals surface area contributed by atoms with Crippen molar-refractivity contribution in [3.05, 3.63) is 46.4 Å². The molecule has 0 saturated carbocycles. The normalized spacial score (nSPS) is 14.1. The zero-order valence-electron chi connectivity index (χ0n) is 11.7. The van der Waals surface area contributed by atoms with Crippen LogP contribution in [0.15, 0.2) is 40.9 Å². The molecular formula is C16H10BrF3N2O. The van der Waals surface area contributed by atoms with E-state index in [1.807, 2.05) is 22.8 Å². The van der Waals surface area contributed by atoms with Crippen molar-refractivity contribution < 1.29 is 17.9 Å². The van der Waals surface area contributed by atoms with Gasteiger partial charge in [-0.1, -0.05) is 15.9 Å². The third kappa shape index (κ3) is 2.39. The van der Waals surface area contributed by atoms with Gasteiger partial charge < -0.3 is 9.30 Å². The fraction of sp³-hybridized carbons (Fsp3) is 0.188. The lowest BCUT2D eigenvalue weighted by Gasteiger charge is -2.07. The van der Waals surface area contributed by atoms with Crippen LogP contribution < -0.4 is 4.74 Å². The van der Waals surface area contributed by atoms with Gasteiger partial charge in [-0.15, -0.1) is 0 Å². The van der Waals surface area contributed by atoms with Crippen LogP contribution in [0, 0.1) is 0 Å². The highest BCUT2D eigenvalue weighted by Crippen LogP contribution is 2.37. The number of ether oxygens (including phenoxy) is 1. The molecule has 0 atom stereocenters. The average molecular weight is 383 g/mol. The smallest absolute Gasteiger partial charge is 0.416 e. The molecule has 0 unspecified atom stereocenters. The molecule has 3 nitrogen and oxygen atoms in total. The molecule has 0 spiro atoms. The summed E-state index contributed by atoms with van der Waals surface area (Å²) in [6.07, 6.45) is -4.38. The highest BCUT2D eigenvalue weighted by Gasteiger charge is 2.31. The monoisotopic (exact) mass is 382 g/mol. The number of nitrogens with zero attached hydrogens (tertiary/aromatic N) is 2. The van der Waals surface area contributed by atoms with Gasteiger partial charge >= 0.3 is 6.18 Å². The van der Waals surface area contributed by atoms with E-state index in [1.165, 1.54) is 6.07 Å². The third-order valence-corrected chi connectivity index (χ3v) is 4.32. The van der Waals surface area contributed by atoms with E-state index in [1.54, 1.807) is 0 Å². The Hall–Kier alpha value is -2.02. The minimum Gasteiger partial charge on any atom is -0.491 e. The number of alkyl halides is 3. The van der Waals surface area contributed by atoms with Crippen LogP contribution in [0.5, 0.6) is 5.75 Å². The predicted molar refractivity (Wildman–Crippen MR) is 83.4 cm³/mol. The topological polar surface area (TPSA) is 27.1 Å². The van der Waals surface area contributed by atoms with Crippen LogP contribution >= 0.6 is 15.9 Å². The Labute approximate surface area is 137 Å². The number of hydrogen-bond donors (Lipinski definition) is 0. The SMILES string of the molecule is FC(F)(F)c1ccc2c(c1)nc1n2CCOc2ccc(Br)cc2-1. The van der Waals surface area contributed by atoms with Gasteiger partial charge in [-0.2, -0.15) is 13.2 Å². The molecule has 0 fully saturated rings. The van der Waals surface area contributed by atoms with Crippen LogP contribution in [0.25, 0.3) is 22.4 Å². The molecule has 7 heteroatoms. The molecule has 2 aromatic carbocycles. The van der Waals surface area contributed by atoms with E-state index in [2.05, 4.69) is 20.9 Å². The zero-order chi connectivity index (χ0) is 16.2. The summed E-state index contributed by atoms with van der Waals surface area (Å²) in [6, 6.07) is 9.20. The first kappa shape index (κ1) is 14.6. The second-order valence-corrected chi connectivity index (χ2v) is 6.19. The van der Waals surface area contributed by atoms with Crippen molar-refractivity contribution >= 4 is 27.0 Å². The molecular weight excluding hydrogens is 373 g/mol. The van der Waals surface area contributed by atoms with Crippen molar-refractivity contribution in [2.75, 3.05) is 6.61 Å². The maximum atomic E-state index is 12.9. The second-order valence-electron chi connectivity index (χ2n) is 5.28. The van der Waals surface area contributed by atoms with Gasteiger partial charge in [0, 0.05) is 4.47 Å². The number of halogens is 4. The Morgan fingerprint density at radius 3 is 2.74 bits per heavy atom. The molecule has 1 aliphatic heterocycles. The molecule has 1 aliphatic rings. The Kier molecular flexibility index (Phi) is 3.16. The highest BCUT2D eigenvalue weighted by atomic mass is 79.9. The number of benzene rings is 2. The van der Waals surface area contributed by atoms with E-state index in [0.29, 0.717) is 35.8 Å². The molecule has 0 saturated heterocycles. The summed E-state index contributed by atoms with van der Waals surface area (Å²) in [5.41, 5.74) is 1.08. The van der Waals surface area contributed by atoms with Crippen LogP contribution in [0.1, 0.15) is 5.56 Å². The van der Waals surface area contributed by atoms with Gasteiger partial charge in [-0.05, 0) is 36.4 Å². The Morgan fingerprint density at radius 2 is 1.96 bits per heavy atom. The molecule has 0 aliphatic carbocycles. The lowest BCUT2D eigenvalue weighted by atomic mass is 10.2. The lowest BCUT2D eigenvalue weighted by molar-refractivity contribution is -0.137. The van der Waals surface area contributed by atoms with Gasteiger partial charge in [-0.25, -0.2) is 4.98 Å². The Balaban J connectivity index is 1.98. The van der Waals surface area contributed by atoms with Gasteiger partial charge in [0.2, 0.25) is 0 Å². The molecule has 4 rings (SSSR count). The number of hydrogen-bond acceptors (Lipinski definition) is 2. The third-order valence-electron chi connectivity index (χ3n) is 3.83. The van der Waals surface area contributed by atoms with Gasteiger partial charge in [0.15, 0.2) is 0 Å². The number of imidazole rings is 1. The average Bonchev–Trinajstić information content (AvgIpc) is 2.76. The summed E-state index contributed by atoms with van der Waals surface area (Å²) in [5, 5.41) is 0. The highest BCUT2D eigenvalue weighted by molar-refractivity contribution is 9.10. The van der Waals surface area contributed by atoms with Gasteiger partial charge in [0.05, 0.1) is 28.7 Å². The van der Waals surface area contributed by atoms with E-state index >= 15 is 0 Å². The summed E-state index contributed by atoms with van der Waals surface area (Å²) in [7, 11) is 0. The van der Waals surface area contributed by atoms with Crippen molar-refractivity contribution in [2.24, 2.45) is 0 Å². The van der Waals surface area contributed by atoms with E-state index in [9.17, 15) is 13.2 Å². The number of fused-ring (bicyclic) bond motifs is 5. The minimum atomic E-state index is -4.38. The molecule has 2 heterocycles. The molecule has 0 radical (unpaired) electrons. The number of aromatic nitrogens is 2. The molecule has 118 valence electrons. The molecule has 0 amide bonds. The summed E-state index contributed by atoms with van der Waals surface area (Å²) in [4.78, 5) is 4.43. The largest absolute Gasteiger partial charge is 0.491 e. The van der Waals surface area contributed by atoms with Crippen molar-refractivity contribution in [3.8, 4) is 17.1 Å². The van der Waals surface area contributed by atoms with Crippen LogP contribution in [0.2, 0.25) is 0 Å². The van der Waals surface area contributed by atoms with Crippen LogP contribution in [-0.2, 0) is 12.7 Å². The fourth-order valence-corrected chi connectivity index (χ4v) is 3.15. The lowest BCUT2D eigenvalue weighted by Crippen LogP contribution is -2.06. The summed E-state index contributed by atoms with van der Waals surface area (Å²) < 4.78 is 47.1. The molecule has 1 aromatic heterocycles. The van der Waals surface area contributed by atoms with Crippen LogP contribution in [0.3, 0.4) is 0 Å².